The number of nitro groups is 1. The molecule has 0 amide bonds. The number of fused-ring (bicyclic) bond motifs is 1. The van der Waals surface area contributed by atoms with Crippen molar-refractivity contribution in [3.8, 4) is 0 Å². The molecule has 134 valence electrons. The van der Waals surface area contributed by atoms with Crippen molar-refractivity contribution in [2.45, 2.75) is 45.1 Å². The number of nitro benzene ring substituents is 1. The molecule has 6 heteroatoms. The lowest BCUT2D eigenvalue weighted by atomic mass is 9.89. The van der Waals surface area contributed by atoms with E-state index >= 15 is 0 Å². The minimum Gasteiger partial charge on any atom is -0.303 e. The molecule has 4 rings (SSSR count). The number of hydrogen-bond acceptors (Lipinski definition) is 4. The van der Waals surface area contributed by atoms with Crippen molar-refractivity contribution < 1.29 is 4.92 Å². The van der Waals surface area contributed by atoms with E-state index in [0.29, 0.717) is 5.92 Å². The number of hydrogen-bond donors (Lipinski definition) is 0. The SMILES string of the molecule is O=[N+]([O-])c1ccc2cnn(CC3CCN(CC4CCCCC4)C3)c2c1. The summed E-state index contributed by atoms with van der Waals surface area (Å²) in [6.45, 7) is 4.42. The van der Waals surface area contributed by atoms with E-state index in [2.05, 4.69) is 10.00 Å². The molecule has 1 saturated heterocycles. The highest BCUT2D eigenvalue weighted by molar-refractivity contribution is 5.80. The minimum atomic E-state index is -0.335. The van der Waals surface area contributed by atoms with E-state index in [1.165, 1.54) is 51.6 Å². The monoisotopic (exact) mass is 342 g/mol. The molecule has 2 fully saturated rings. The van der Waals surface area contributed by atoms with Crippen LogP contribution in [0.25, 0.3) is 10.9 Å². The van der Waals surface area contributed by atoms with Crippen molar-refractivity contribution in [1.82, 2.24) is 14.7 Å². The molecule has 0 N–H and O–H groups in total. The summed E-state index contributed by atoms with van der Waals surface area (Å²) < 4.78 is 1.96. The molecule has 6 nitrogen and oxygen atoms in total. The van der Waals surface area contributed by atoms with Crippen LogP contribution in [0.3, 0.4) is 0 Å². The predicted octanol–water partition coefficient (Wildman–Crippen LogP) is 3.85. The van der Waals surface area contributed by atoms with Crippen molar-refractivity contribution in [2.75, 3.05) is 19.6 Å². The van der Waals surface area contributed by atoms with Crippen molar-refractivity contribution in [2.24, 2.45) is 11.8 Å². The maximum atomic E-state index is 11.0. The Balaban J connectivity index is 1.40. The Morgan fingerprint density at radius 1 is 1.12 bits per heavy atom. The van der Waals surface area contributed by atoms with Gasteiger partial charge in [-0.3, -0.25) is 14.8 Å². The molecule has 1 atom stereocenters. The van der Waals surface area contributed by atoms with Gasteiger partial charge >= 0.3 is 0 Å². The fraction of sp³-hybridized carbons (Fsp3) is 0.632. The zero-order chi connectivity index (χ0) is 17.2. The minimum absolute atomic E-state index is 0.139. The molecule has 1 aliphatic heterocycles. The Morgan fingerprint density at radius 3 is 2.76 bits per heavy atom. The number of nitrogens with zero attached hydrogens (tertiary/aromatic N) is 4. The first kappa shape index (κ1) is 16.5. The van der Waals surface area contributed by atoms with E-state index in [4.69, 9.17) is 0 Å². The summed E-state index contributed by atoms with van der Waals surface area (Å²) in [5.74, 6) is 1.48. The largest absolute Gasteiger partial charge is 0.303 e. The molecule has 0 spiro atoms. The van der Waals surface area contributed by atoms with Crippen LogP contribution in [0.2, 0.25) is 0 Å². The van der Waals surface area contributed by atoms with E-state index in [1.54, 1.807) is 18.2 Å². The van der Waals surface area contributed by atoms with Crippen LogP contribution in [-0.2, 0) is 6.54 Å². The van der Waals surface area contributed by atoms with E-state index in [1.807, 2.05) is 10.9 Å². The molecule has 1 aromatic heterocycles. The Hall–Kier alpha value is -1.95. The van der Waals surface area contributed by atoms with Crippen LogP contribution in [0.15, 0.2) is 24.4 Å². The lowest BCUT2D eigenvalue weighted by molar-refractivity contribution is -0.384. The number of aromatic nitrogens is 2. The van der Waals surface area contributed by atoms with Gasteiger partial charge in [-0.15, -0.1) is 0 Å². The van der Waals surface area contributed by atoms with Gasteiger partial charge in [0.15, 0.2) is 0 Å². The second kappa shape index (κ2) is 7.12. The van der Waals surface area contributed by atoms with Gasteiger partial charge in [-0.1, -0.05) is 19.3 Å². The fourth-order valence-electron chi connectivity index (χ4n) is 4.53. The van der Waals surface area contributed by atoms with Gasteiger partial charge in [0, 0.05) is 37.2 Å². The van der Waals surface area contributed by atoms with Crippen LogP contribution in [-0.4, -0.2) is 39.2 Å². The summed E-state index contributed by atoms with van der Waals surface area (Å²) >= 11 is 0. The molecule has 0 radical (unpaired) electrons. The van der Waals surface area contributed by atoms with Crippen molar-refractivity contribution in [3.05, 3.63) is 34.5 Å². The normalized spacial score (nSPS) is 22.6. The Labute approximate surface area is 148 Å². The summed E-state index contributed by atoms with van der Waals surface area (Å²) in [6.07, 6.45) is 10.0. The summed E-state index contributed by atoms with van der Waals surface area (Å²) in [6, 6.07) is 4.99. The van der Waals surface area contributed by atoms with E-state index in [0.717, 1.165) is 29.9 Å². The summed E-state index contributed by atoms with van der Waals surface area (Å²) in [4.78, 5) is 13.3. The Kier molecular flexibility index (Phi) is 4.70. The summed E-state index contributed by atoms with van der Waals surface area (Å²) in [5, 5.41) is 16.5. The van der Waals surface area contributed by atoms with E-state index < -0.39 is 0 Å². The Morgan fingerprint density at radius 2 is 1.96 bits per heavy atom. The third-order valence-corrected chi connectivity index (χ3v) is 5.88. The van der Waals surface area contributed by atoms with Gasteiger partial charge in [0.2, 0.25) is 0 Å². The number of likely N-dealkylation sites (tertiary alicyclic amines) is 1. The van der Waals surface area contributed by atoms with Crippen LogP contribution in [0.1, 0.15) is 38.5 Å². The maximum absolute atomic E-state index is 11.0. The van der Waals surface area contributed by atoms with Crippen molar-refractivity contribution in [3.63, 3.8) is 0 Å². The molecular formula is C19H26N4O2. The van der Waals surface area contributed by atoms with Gasteiger partial charge in [-0.05, 0) is 43.7 Å². The average molecular weight is 342 g/mol. The first-order valence-electron chi connectivity index (χ1n) is 9.51. The third kappa shape index (κ3) is 3.68. The summed E-state index contributed by atoms with van der Waals surface area (Å²) in [5.41, 5.74) is 1.01. The lowest BCUT2D eigenvalue weighted by Crippen LogP contribution is -2.29. The number of non-ortho nitro benzene ring substituents is 1. The molecule has 2 aliphatic rings. The first-order valence-corrected chi connectivity index (χ1v) is 9.51. The highest BCUT2D eigenvalue weighted by Gasteiger charge is 2.26. The summed E-state index contributed by atoms with van der Waals surface area (Å²) in [7, 11) is 0. The molecule has 1 aliphatic carbocycles. The molecule has 1 aromatic carbocycles. The van der Waals surface area contributed by atoms with Gasteiger partial charge in [-0.25, -0.2) is 0 Å². The van der Waals surface area contributed by atoms with E-state index in [-0.39, 0.29) is 10.6 Å². The molecular weight excluding hydrogens is 316 g/mol. The van der Waals surface area contributed by atoms with Crippen LogP contribution >= 0.6 is 0 Å². The molecule has 0 bridgehead atoms. The van der Waals surface area contributed by atoms with Gasteiger partial charge in [0.1, 0.15) is 0 Å². The zero-order valence-electron chi connectivity index (χ0n) is 14.6. The van der Waals surface area contributed by atoms with Gasteiger partial charge in [0.05, 0.1) is 16.6 Å². The van der Waals surface area contributed by atoms with Crippen LogP contribution in [0.5, 0.6) is 0 Å². The highest BCUT2D eigenvalue weighted by atomic mass is 16.6. The molecule has 25 heavy (non-hydrogen) atoms. The van der Waals surface area contributed by atoms with Gasteiger partial charge in [0.25, 0.3) is 5.69 Å². The van der Waals surface area contributed by atoms with Crippen LogP contribution in [0.4, 0.5) is 5.69 Å². The average Bonchev–Trinajstić information content (AvgIpc) is 3.23. The Bertz CT molecular complexity index is 751. The molecule has 2 heterocycles. The standard InChI is InChI=1S/C19H26N4O2/c24-23(25)18-7-6-17-11-20-22(19(17)10-18)14-16-8-9-21(13-16)12-15-4-2-1-3-5-15/h6-7,10-11,15-16H,1-5,8-9,12-14H2. The predicted molar refractivity (Wildman–Crippen MR) is 97.5 cm³/mol. The van der Waals surface area contributed by atoms with Crippen molar-refractivity contribution >= 4 is 16.6 Å². The molecule has 1 saturated carbocycles. The van der Waals surface area contributed by atoms with Crippen LogP contribution < -0.4 is 0 Å². The second-order valence-corrected chi connectivity index (χ2v) is 7.75. The topological polar surface area (TPSA) is 64.2 Å². The van der Waals surface area contributed by atoms with Crippen molar-refractivity contribution in [1.29, 1.82) is 0 Å². The molecule has 2 aromatic rings. The lowest BCUT2D eigenvalue weighted by Gasteiger charge is -2.26. The molecule has 1 unspecified atom stereocenters. The van der Waals surface area contributed by atoms with Crippen LogP contribution in [0, 0.1) is 22.0 Å². The fourth-order valence-corrected chi connectivity index (χ4v) is 4.53. The number of benzene rings is 1. The third-order valence-electron chi connectivity index (χ3n) is 5.88. The highest BCUT2D eigenvalue weighted by Crippen LogP contribution is 2.28. The smallest absolute Gasteiger partial charge is 0.271 e. The second-order valence-electron chi connectivity index (χ2n) is 7.75. The maximum Gasteiger partial charge on any atom is 0.271 e. The first-order chi connectivity index (χ1) is 12.2. The number of rotatable bonds is 5. The van der Waals surface area contributed by atoms with Gasteiger partial charge < -0.3 is 4.90 Å². The quantitative estimate of drug-likeness (QED) is 0.611. The van der Waals surface area contributed by atoms with E-state index in [9.17, 15) is 10.1 Å². The zero-order valence-corrected chi connectivity index (χ0v) is 14.6. The van der Waals surface area contributed by atoms with Gasteiger partial charge in [-0.2, -0.15) is 5.10 Å².